The molecule has 11 heteroatoms. The van der Waals surface area contributed by atoms with Gasteiger partial charge in [0.25, 0.3) is 0 Å². The summed E-state index contributed by atoms with van der Waals surface area (Å²) >= 11 is 1.36. The summed E-state index contributed by atoms with van der Waals surface area (Å²) in [7, 11) is 0. The van der Waals surface area contributed by atoms with Crippen LogP contribution in [0.15, 0.2) is 121 Å². The van der Waals surface area contributed by atoms with Crippen molar-refractivity contribution in [3.05, 3.63) is 149 Å². The number of aromatic nitrogens is 5. The molecule has 8 nitrogen and oxygen atoms in total. The average molecular weight is 767 g/mol. The molecule has 7 aromatic rings. The number of rotatable bonds is 10. The SMILES string of the molecule is CC(C)OC(=O)[C@H]1C2CCC(CC2)[C@@H]1Nc1nc(-c2cn(C(c3ccccc3)(c3ccccc3)c3ccccc3)c3ncc(F)nc23)nc(-c2cccs2)c1F. The Labute approximate surface area is 327 Å². The lowest BCUT2D eigenvalue weighted by Crippen LogP contribution is -2.52. The molecular formula is C45H40F2N6O2S. The predicted octanol–water partition coefficient (Wildman–Crippen LogP) is 9.90. The van der Waals surface area contributed by atoms with Gasteiger partial charge >= 0.3 is 5.97 Å². The van der Waals surface area contributed by atoms with Gasteiger partial charge in [0.15, 0.2) is 23.1 Å². The normalized spacial score (nSPS) is 19.4. The number of nitrogens with one attached hydrogen (secondary N) is 1. The molecule has 0 amide bonds. The topological polar surface area (TPSA) is 94.8 Å². The third-order valence-electron chi connectivity index (χ3n) is 11.4. The zero-order valence-electron chi connectivity index (χ0n) is 31.0. The van der Waals surface area contributed by atoms with E-state index in [9.17, 15) is 4.79 Å². The van der Waals surface area contributed by atoms with E-state index in [1.165, 1.54) is 11.3 Å². The van der Waals surface area contributed by atoms with Gasteiger partial charge in [0.05, 0.1) is 28.7 Å². The Morgan fingerprint density at radius 1 is 0.821 bits per heavy atom. The quantitative estimate of drug-likeness (QED) is 0.109. The maximum atomic E-state index is 16.9. The van der Waals surface area contributed by atoms with Crippen molar-refractivity contribution in [1.82, 2.24) is 24.5 Å². The minimum absolute atomic E-state index is 0.0241. The third kappa shape index (κ3) is 6.14. The van der Waals surface area contributed by atoms with Gasteiger partial charge < -0.3 is 14.6 Å². The van der Waals surface area contributed by atoms with E-state index in [-0.39, 0.29) is 52.8 Å². The Morgan fingerprint density at radius 2 is 1.43 bits per heavy atom. The third-order valence-corrected chi connectivity index (χ3v) is 12.3. The number of benzene rings is 3. The number of fused-ring (bicyclic) bond motifs is 4. The molecular weight excluding hydrogens is 727 g/mol. The lowest BCUT2D eigenvalue weighted by atomic mass is 9.61. The first-order chi connectivity index (χ1) is 27.3. The molecule has 2 atom stereocenters. The zero-order valence-corrected chi connectivity index (χ0v) is 31.8. The largest absolute Gasteiger partial charge is 0.463 e. The van der Waals surface area contributed by atoms with Crippen LogP contribution in [0.3, 0.4) is 0 Å². The number of halogens is 2. The van der Waals surface area contributed by atoms with Crippen molar-refractivity contribution in [3.63, 3.8) is 0 Å². The maximum absolute atomic E-state index is 16.9. The maximum Gasteiger partial charge on any atom is 0.311 e. The molecule has 0 saturated heterocycles. The molecule has 3 aromatic carbocycles. The van der Waals surface area contributed by atoms with E-state index in [4.69, 9.17) is 14.7 Å². The highest BCUT2D eigenvalue weighted by Gasteiger charge is 2.49. The molecule has 0 radical (unpaired) electrons. The Bertz CT molecular complexity index is 2390. The Morgan fingerprint density at radius 3 is 2.00 bits per heavy atom. The smallest absolute Gasteiger partial charge is 0.311 e. The van der Waals surface area contributed by atoms with Gasteiger partial charge in [-0.05, 0) is 79.5 Å². The number of nitrogens with zero attached hydrogens (tertiary/aromatic N) is 5. The summed E-state index contributed by atoms with van der Waals surface area (Å²) in [5, 5.41) is 5.30. The molecule has 4 heterocycles. The van der Waals surface area contributed by atoms with E-state index in [1.54, 1.807) is 0 Å². The van der Waals surface area contributed by atoms with Gasteiger partial charge in [-0.1, -0.05) is 97.1 Å². The molecule has 3 aliphatic carbocycles. The van der Waals surface area contributed by atoms with Crippen LogP contribution in [0.2, 0.25) is 0 Å². The fraction of sp³-hybridized carbons (Fsp3) is 0.267. The molecule has 0 spiro atoms. The second-order valence-corrected chi connectivity index (χ2v) is 15.9. The van der Waals surface area contributed by atoms with Gasteiger partial charge in [0.2, 0.25) is 5.95 Å². The number of ether oxygens (including phenoxy) is 1. The van der Waals surface area contributed by atoms with Gasteiger partial charge in [-0.15, -0.1) is 11.3 Å². The van der Waals surface area contributed by atoms with Crippen molar-refractivity contribution in [3.8, 4) is 22.0 Å². The van der Waals surface area contributed by atoms with Crippen molar-refractivity contribution in [2.24, 2.45) is 17.8 Å². The van der Waals surface area contributed by atoms with Gasteiger partial charge in [-0.3, -0.25) is 4.79 Å². The molecule has 3 aliphatic rings. The Kier molecular flexibility index (Phi) is 9.41. The van der Waals surface area contributed by atoms with Gasteiger partial charge in [-0.2, -0.15) is 4.39 Å². The number of hydrogen-bond acceptors (Lipinski definition) is 8. The van der Waals surface area contributed by atoms with Crippen molar-refractivity contribution >= 4 is 34.3 Å². The second-order valence-electron chi connectivity index (χ2n) is 15.0. The van der Waals surface area contributed by atoms with Crippen molar-refractivity contribution in [2.75, 3.05) is 5.32 Å². The molecule has 0 unspecified atom stereocenters. The highest BCUT2D eigenvalue weighted by molar-refractivity contribution is 7.13. The Hall–Kier alpha value is -5.81. The molecule has 2 bridgehead atoms. The number of esters is 1. The average Bonchev–Trinajstić information content (AvgIpc) is 3.90. The molecule has 4 aromatic heterocycles. The minimum Gasteiger partial charge on any atom is -0.463 e. The number of carbonyl (C=O) groups excluding carboxylic acids is 1. The lowest BCUT2D eigenvalue weighted by Gasteiger charge is -2.47. The summed E-state index contributed by atoms with van der Waals surface area (Å²) < 4.78 is 40.0. The number of hydrogen-bond donors (Lipinski definition) is 1. The first kappa shape index (κ1) is 35.9. The summed E-state index contributed by atoms with van der Waals surface area (Å²) in [6, 6.07) is 33.5. The highest BCUT2D eigenvalue weighted by Crippen LogP contribution is 2.48. The molecule has 3 fully saturated rings. The fourth-order valence-corrected chi connectivity index (χ4v) is 9.76. The molecule has 0 aliphatic heterocycles. The van der Waals surface area contributed by atoms with Crippen LogP contribution in [-0.2, 0) is 15.1 Å². The van der Waals surface area contributed by atoms with Gasteiger partial charge in [0, 0.05) is 12.2 Å². The molecule has 282 valence electrons. The van der Waals surface area contributed by atoms with Crippen LogP contribution < -0.4 is 5.32 Å². The zero-order chi connectivity index (χ0) is 38.4. The lowest BCUT2D eigenvalue weighted by molar-refractivity contribution is -0.159. The summed E-state index contributed by atoms with van der Waals surface area (Å²) in [4.78, 5) is 33.1. The number of anilines is 1. The van der Waals surface area contributed by atoms with E-state index in [0.29, 0.717) is 16.1 Å². The molecule has 56 heavy (non-hydrogen) atoms. The molecule has 3 saturated carbocycles. The van der Waals surface area contributed by atoms with Crippen LogP contribution in [0.4, 0.5) is 14.6 Å². The van der Waals surface area contributed by atoms with Crippen LogP contribution in [-0.4, -0.2) is 42.6 Å². The van der Waals surface area contributed by atoms with Crippen LogP contribution in [0.25, 0.3) is 33.1 Å². The first-order valence-electron chi connectivity index (χ1n) is 19.1. The Balaban J connectivity index is 1.29. The van der Waals surface area contributed by atoms with Gasteiger partial charge in [0.1, 0.15) is 16.7 Å². The molecule has 1 N–H and O–H groups in total. The van der Waals surface area contributed by atoms with E-state index >= 15 is 8.78 Å². The van der Waals surface area contributed by atoms with Crippen LogP contribution in [0, 0.1) is 29.5 Å². The van der Waals surface area contributed by atoms with Crippen molar-refractivity contribution in [1.29, 1.82) is 0 Å². The number of carbonyl (C=O) groups is 1. The monoisotopic (exact) mass is 766 g/mol. The van der Waals surface area contributed by atoms with Crippen molar-refractivity contribution in [2.45, 2.75) is 57.2 Å². The van der Waals surface area contributed by atoms with Crippen LogP contribution in [0.1, 0.15) is 56.2 Å². The van der Waals surface area contributed by atoms with Gasteiger partial charge in [-0.25, -0.2) is 24.3 Å². The summed E-state index contributed by atoms with van der Waals surface area (Å²) in [6.45, 7) is 3.69. The van der Waals surface area contributed by atoms with Crippen LogP contribution >= 0.6 is 11.3 Å². The summed E-state index contributed by atoms with van der Waals surface area (Å²) in [6.07, 6.45) is 6.39. The van der Waals surface area contributed by atoms with E-state index in [2.05, 4.69) is 51.7 Å². The minimum atomic E-state index is -1.02. The van der Waals surface area contributed by atoms with Crippen LogP contribution in [0.5, 0.6) is 0 Å². The first-order valence-corrected chi connectivity index (χ1v) is 20.0. The second kappa shape index (κ2) is 14.7. The standard InChI is InChI=1S/C45H40F2N6O2S/c1-27(2)55-44(54)36-28-20-22-29(23-21-28)38(36)50-42-37(47)40(34-19-12-24-56-34)51-41(52-42)33-26-53(43-39(33)49-35(46)25-48-43)45(30-13-6-3-7-14-30,31-15-8-4-9-16-31)32-17-10-5-11-18-32/h3-19,24-29,36,38H,20-23H2,1-2H3,(H,50,51,52)/t28?,29?,36-,38-/m0/s1. The van der Waals surface area contributed by atoms with E-state index in [1.807, 2.05) is 96.7 Å². The fourth-order valence-electron chi connectivity index (χ4n) is 9.05. The number of thiophene rings is 1. The van der Waals surface area contributed by atoms with E-state index < -0.39 is 23.2 Å². The summed E-state index contributed by atoms with van der Waals surface area (Å²) in [5.41, 5.74) is 2.86. The van der Waals surface area contributed by atoms with Crippen molar-refractivity contribution < 1.29 is 18.3 Å². The molecule has 10 rings (SSSR count). The predicted molar refractivity (Wildman–Crippen MR) is 214 cm³/mol. The van der Waals surface area contributed by atoms with E-state index in [0.717, 1.165) is 48.6 Å². The summed E-state index contributed by atoms with van der Waals surface area (Å²) in [5.74, 6) is -1.73. The highest BCUT2D eigenvalue weighted by atomic mass is 32.1.